The van der Waals surface area contributed by atoms with E-state index in [9.17, 15) is 19.2 Å². The maximum atomic E-state index is 12.6. The molecule has 0 unspecified atom stereocenters. The third-order valence-electron chi connectivity index (χ3n) is 7.24. The van der Waals surface area contributed by atoms with Crippen molar-refractivity contribution in [2.45, 2.75) is 69.5 Å². The highest BCUT2D eigenvalue weighted by Gasteiger charge is 2.43. The number of carbonyl (C=O) groups excluding carboxylic acids is 4. The van der Waals surface area contributed by atoms with Crippen molar-refractivity contribution < 1.29 is 42.9 Å². The highest BCUT2D eigenvalue weighted by atomic mass is 16.6. The lowest BCUT2D eigenvalue weighted by Gasteiger charge is -2.42. The first kappa shape index (κ1) is 40.8. The molecule has 0 saturated carbocycles. The Morgan fingerprint density at radius 2 is 1.19 bits per heavy atom. The van der Waals surface area contributed by atoms with Crippen molar-refractivity contribution in [1.82, 2.24) is 21.3 Å². The number of amides is 4. The molecular weight excluding hydrogens is 626 g/mol. The van der Waals surface area contributed by atoms with E-state index in [-0.39, 0.29) is 76.6 Å². The van der Waals surface area contributed by atoms with Gasteiger partial charge in [0.15, 0.2) is 0 Å². The molecule has 48 heavy (non-hydrogen) atoms. The molecule has 1 fully saturated rings. The van der Waals surface area contributed by atoms with Crippen molar-refractivity contribution in [1.29, 1.82) is 0 Å². The number of carbonyl (C=O) groups is 4. The molecule has 1 aromatic rings. The second-order valence-electron chi connectivity index (χ2n) is 11.1. The van der Waals surface area contributed by atoms with Crippen LogP contribution in [0.1, 0.15) is 44.1 Å². The predicted octanol–water partition coefficient (Wildman–Crippen LogP) is -0.967. The number of benzene rings is 1. The summed E-state index contributed by atoms with van der Waals surface area (Å²) in [5.74, 6) is -0.594. The Bertz CT molecular complexity index is 1050. The maximum absolute atomic E-state index is 12.6. The Labute approximate surface area is 282 Å². The van der Waals surface area contributed by atoms with Gasteiger partial charge in [0.05, 0.1) is 26.4 Å². The number of nitrogens with two attached hydrogens (primary N) is 3. The number of rotatable bonds is 25. The van der Waals surface area contributed by atoms with Crippen LogP contribution < -0.4 is 38.5 Å². The van der Waals surface area contributed by atoms with Gasteiger partial charge in [-0.2, -0.15) is 0 Å². The molecule has 1 aromatic carbocycles. The summed E-state index contributed by atoms with van der Waals surface area (Å²) in [5, 5.41) is 11.1. The number of hydrogen-bond acceptors (Lipinski definition) is 12. The molecule has 1 saturated heterocycles. The molecule has 10 N–H and O–H groups in total. The summed E-state index contributed by atoms with van der Waals surface area (Å²) in [5.41, 5.74) is 17.3. The maximum Gasteiger partial charge on any atom is 0.407 e. The molecule has 1 heterocycles. The fraction of sp³-hybridized carbons (Fsp3) is 0.688. The topological polar surface area (TPSA) is 241 Å². The Hall–Kier alpha value is -3.38. The van der Waals surface area contributed by atoms with E-state index in [4.69, 9.17) is 40.9 Å². The molecular formula is C32H55N7O9. The molecule has 0 aromatic heterocycles. The van der Waals surface area contributed by atoms with Crippen LogP contribution in [0.3, 0.4) is 0 Å². The quantitative estimate of drug-likeness (QED) is 0.0617. The van der Waals surface area contributed by atoms with Crippen LogP contribution >= 0.6 is 0 Å². The van der Waals surface area contributed by atoms with Gasteiger partial charge in [-0.25, -0.2) is 4.79 Å². The molecule has 0 bridgehead atoms. The summed E-state index contributed by atoms with van der Waals surface area (Å²) in [4.78, 5) is 49.5. The van der Waals surface area contributed by atoms with E-state index in [2.05, 4.69) is 21.3 Å². The zero-order chi connectivity index (χ0) is 34.8. The first-order valence-electron chi connectivity index (χ1n) is 16.7. The summed E-state index contributed by atoms with van der Waals surface area (Å²) in [6.45, 7) is 3.07. The SMILES string of the molecule is NCCCNC(=O)CCO[C@H]1[C@H](OCCC(=O)NCCCN)[C@@H](CNC(=O)OCc2ccccc2)OC[C@@H]1OCCC(=O)NCCCN. The van der Waals surface area contributed by atoms with Gasteiger partial charge in [0.25, 0.3) is 0 Å². The smallest absolute Gasteiger partial charge is 0.407 e. The predicted molar refractivity (Wildman–Crippen MR) is 177 cm³/mol. The zero-order valence-corrected chi connectivity index (χ0v) is 27.8. The van der Waals surface area contributed by atoms with Gasteiger partial charge in [0.1, 0.15) is 31.0 Å². The highest BCUT2D eigenvalue weighted by Crippen LogP contribution is 2.24. The first-order valence-corrected chi connectivity index (χ1v) is 16.7. The van der Waals surface area contributed by atoms with E-state index in [1.807, 2.05) is 30.3 Å². The normalized spacial score (nSPS) is 18.9. The number of nitrogens with one attached hydrogen (secondary N) is 4. The van der Waals surface area contributed by atoms with Gasteiger partial charge in [0, 0.05) is 45.4 Å². The molecule has 4 atom stereocenters. The standard InChI is InChI=1S/C32H55N7O9/c33-12-4-15-36-27(40)9-18-44-26-23-47-25(21-39-32(43)48-22-24-7-2-1-3-8-24)30(45-19-10-28(41)37-16-5-13-34)31(26)46-20-11-29(42)38-17-6-14-35/h1-3,7-8,25-26,30-31H,4-6,9-23,33-35H2,(H,36,40)(H,37,41)(H,38,42)(H,39,43)/t25-,26+,30-,31-/m1/s1. The van der Waals surface area contributed by atoms with Gasteiger partial charge in [0.2, 0.25) is 17.7 Å². The molecule has 1 aliphatic rings. The molecule has 0 aliphatic carbocycles. The first-order chi connectivity index (χ1) is 23.4. The summed E-state index contributed by atoms with van der Waals surface area (Å²) >= 11 is 0. The number of alkyl carbamates (subject to hydrolysis) is 1. The minimum absolute atomic E-state index is 0.0106. The van der Waals surface area contributed by atoms with Crippen LogP contribution in [0.4, 0.5) is 4.79 Å². The Balaban J connectivity index is 2.10. The minimum Gasteiger partial charge on any atom is -0.445 e. The third-order valence-corrected chi connectivity index (χ3v) is 7.24. The highest BCUT2D eigenvalue weighted by molar-refractivity contribution is 5.76. The van der Waals surface area contributed by atoms with Crippen molar-refractivity contribution >= 4 is 23.8 Å². The van der Waals surface area contributed by atoms with Crippen LogP contribution in [0.2, 0.25) is 0 Å². The Morgan fingerprint density at radius 1 is 0.688 bits per heavy atom. The zero-order valence-electron chi connectivity index (χ0n) is 27.8. The van der Waals surface area contributed by atoms with Gasteiger partial charge < -0.3 is 62.2 Å². The molecule has 2 rings (SSSR count). The van der Waals surface area contributed by atoms with Gasteiger partial charge in [-0.15, -0.1) is 0 Å². The Morgan fingerprint density at radius 3 is 1.71 bits per heavy atom. The fourth-order valence-corrected chi connectivity index (χ4v) is 4.64. The monoisotopic (exact) mass is 681 g/mol. The minimum atomic E-state index is -0.811. The van der Waals surface area contributed by atoms with Crippen LogP contribution in [0.25, 0.3) is 0 Å². The summed E-state index contributed by atoms with van der Waals surface area (Å²) < 4.78 is 29.9. The van der Waals surface area contributed by atoms with Gasteiger partial charge in [-0.05, 0) is 44.5 Å². The average molecular weight is 682 g/mol. The van der Waals surface area contributed by atoms with Gasteiger partial charge in [-0.3, -0.25) is 14.4 Å². The van der Waals surface area contributed by atoms with Crippen molar-refractivity contribution in [3.63, 3.8) is 0 Å². The molecule has 0 radical (unpaired) electrons. The van der Waals surface area contributed by atoms with E-state index < -0.39 is 30.5 Å². The van der Waals surface area contributed by atoms with Crippen LogP contribution in [0.5, 0.6) is 0 Å². The van der Waals surface area contributed by atoms with Gasteiger partial charge >= 0.3 is 6.09 Å². The molecule has 1 aliphatic heterocycles. The second kappa shape index (κ2) is 25.6. The van der Waals surface area contributed by atoms with Crippen LogP contribution in [-0.4, -0.2) is 120 Å². The molecule has 16 nitrogen and oxygen atoms in total. The van der Waals surface area contributed by atoms with E-state index in [0.717, 1.165) is 5.56 Å². The largest absolute Gasteiger partial charge is 0.445 e. The summed E-state index contributed by atoms with van der Waals surface area (Å²) in [7, 11) is 0. The van der Waals surface area contributed by atoms with E-state index in [0.29, 0.717) is 58.5 Å². The second-order valence-corrected chi connectivity index (χ2v) is 11.1. The van der Waals surface area contributed by atoms with Crippen LogP contribution in [0.15, 0.2) is 30.3 Å². The number of ether oxygens (including phenoxy) is 5. The van der Waals surface area contributed by atoms with Crippen molar-refractivity contribution in [3.05, 3.63) is 35.9 Å². The lowest BCUT2D eigenvalue weighted by atomic mass is 9.99. The summed E-state index contributed by atoms with van der Waals surface area (Å²) in [6, 6.07) is 9.26. The van der Waals surface area contributed by atoms with Crippen molar-refractivity contribution in [2.75, 3.05) is 72.2 Å². The summed E-state index contributed by atoms with van der Waals surface area (Å²) in [6.07, 6.45) is -1.40. The Kier molecular flexibility index (Phi) is 21.8. The molecule has 4 amide bonds. The number of hydrogen-bond donors (Lipinski definition) is 7. The third kappa shape index (κ3) is 17.7. The molecule has 0 spiro atoms. The van der Waals surface area contributed by atoms with E-state index >= 15 is 0 Å². The van der Waals surface area contributed by atoms with E-state index in [1.165, 1.54) is 0 Å². The van der Waals surface area contributed by atoms with Crippen molar-refractivity contribution in [2.24, 2.45) is 17.2 Å². The van der Waals surface area contributed by atoms with E-state index in [1.54, 1.807) is 0 Å². The molecule has 16 heteroatoms. The fourth-order valence-electron chi connectivity index (χ4n) is 4.64. The van der Waals surface area contributed by atoms with Crippen LogP contribution in [-0.2, 0) is 44.7 Å². The van der Waals surface area contributed by atoms with Crippen LogP contribution in [0, 0.1) is 0 Å². The lowest BCUT2D eigenvalue weighted by molar-refractivity contribution is -0.228. The van der Waals surface area contributed by atoms with Gasteiger partial charge in [-0.1, -0.05) is 30.3 Å². The molecule has 272 valence electrons. The lowest BCUT2D eigenvalue weighted by Crippen LogP contribution is -2.59. The average Bonchev–Trinajstić information content (AvgIpc) is 3.08. The van der Waals surface area contributed by atoms with Crippen molar-refractivity contribution in [3.8, 4) is 0 Å².